The third kappa shape index (κ3) is 2.46. The van der Waals surface area contributed by atoms with Crippen LogP contribution in [0.25, 0.3) is 16.9 Å². The van der Waals surface area contributed by atoms with Gasteiger partial charge in [-0.05, 0) is 30.2 Å². The zero-order chi connectivity index (χ0) is 13.9. The Morgan fingerprint density at radius 2 is 1.90 bits per heavy atom. The maximum atomic E-state index is 5.90. The van der Waals surface area contributed by atoms with Crippen molar-refractivity contribution in [2.45, 2.75) is 13.0 Å². The molecular formula is C16H16N4. The largest absolute Gasteiger partial charge is 0.324 e. The smallest absolute Gasteiger partial charge is 0.153 e. The van der Waals surface area contributed by atoms with Crippen molar-refractivity contribution in [1.29, 1.82) is 0 Å². The number of rotatable bonds is 3. The Hall–Kier alpha value is -2.46. The number of hydrogen-bond acceptors (Lipinski definition) is 3. The van der Waals surface area contributed by atoms with E-state index in [1.165, 1.54) is 0 Å². The molecule has 0 amide bonds. The molecule has 0 aliphatic carbocycles. The molecule has 4 nitrogen and oxygen atoms in total. The Kier molecular flexibility index (Phi) is 3.31. The van der Waals surface area contributed by atoms with Crippen LogP contribution in [-0.2, 0) is 0 Å². The molecular weight excluding hydrogens is 248 g/mol. The monoisotopic (exact) mass is 264 g/mol. The fraction of sp³-hybridized carbons (Fsp3) is 0.125. The van der Waals surface area contributed by atoms with Crippen LogP contribution < -0.4 is 5.73 Å². The molecule has 1 aromatic carbocycles. The van der Waals surface area contributed by atoms with Gasteiger partial charge in [0.05, 0.1) is 6.20 Å². The van der Waals surface area contributed by atoms with E-state index in [0.717, 1.165) is 22.5 Å². The highest BCUT2D eigenvalue weighted by molar-refractivity contribution is 5.61. The Bertz CT molecular complexity index is 701. The molecule has 2 N–H and O–H groups in total. The summed E-state index contributed by atoms with van der Waals surface area (Å²) in [5.74, 6) is 0.780. The van der Waals surface area contributed by atoms with Crippen LogP contribution in [0.3, 0.4) is 0 Å². The Morgan fingerprint density at radius 3 is 2.65 bits per heavy atom. The van der Waals surface area contributed by atoms with Gasteiger partial charge in [0, 0.05) is 24.0 Å². The van der Waals surface area contributed by atoms with Gasteiger partial charge in [-0.15, -0.1) is 0 Å². The molecule has 1 atom stereocenters. The molecule has 100 valence electrons. The molecule has 0 bridgehead atoms. The summed E-state index contributed by atoms with van der Waals surface area (Å²) < 4.78 is 1.77. The molecule has 0 spiro atoms. The van der Waals surface area contributed by atoms with Gasteiger partial charge in [-0.2, -0.15) is 5.10 Å². The number of nitrogens with zero attached hydrogens (tertiary/aromatic N) is 3. The van der Waals surface area contributed by atoms with Gasteiger partial charge in [-0.25, -0.2) is 9.67 Å². The first-order valence-corrected chi connectivity index (χ1v) is 6.56. The van der Waals surface area contributed by atoms with Crippen LogP contribution in [0.1, 0.15) is 18.5 Å². The Balaban J connectivity index is 1.96. The average Bonchev–Trinajstić information content (AvgIpc) is 2.98. The van der Waals surface area contributed by atoms with E-state index < -0.39 is 0 Å². The average molecular weight is 264 g/mol. The zero-order valence-electron chi connectivity index (χ0n) is 11.3. The van der Waals surface area contributed by atoms with Crippen LogP contribution in [-0.4, -0.2) is 14.8 Å². The van der Waals surface area contributed by atoms with Crippen LogP contribution in [0.15, 0.2) is 61.1 Å². The SMILES string of the molecule is C[C@@H](N)c1ccnc(-n2cc(-c3ccccc3)cn2)c1. The second kappa shape index (κ2) is 5.27. The summed E-state index contributed by atoms with van der Waals surface area (Å²) in [5, 5.41) is 4.38. The third-order valence-corrected chi connectivity index (χ3v) is 3.22. The fourth-order valence-electron chi connectivity index (χ4n) is 2.07. The molecule has 3 aromatic rings. The van der Waals surface area contributed by atoms with Gasteiger partial charge in [0.2, 0.25) is 0 Å². The van der Waals surface area contributed by atoms with E-state index in [-0.39, 0.29) is 6.04 Å². The summed E-state index contributed by atoms with van der Waals surface area (Å²) in [6.45, 7) is 1.96. The topological polar surface area (TPSA) is 56.7 Å². The molecule has 0 aliphatic rings. The van der Waals surface area contributed by atoms with Gasteiger partial charge < -0.3 is 5.73 Å². The summed E-state index contributed by atoms with van der Waals surface area (Å²) in [6.07, 6.45) is 5.58. The molecule has 4 heteroatoms. The van der Waals surface area contributed by atoms with Gasteiger partial charge >= 0.3 is 0 Å². The van der Waals surface area contributed by atoms with E-state index in [4.69, 9.17) is 5.73 Å². The van der Waals surface area contributed by atoms with E-state index in [9.17, 15) is 0 Å². The van der Waals surface area contributed by atoms with E-state index in [1.54, 1.807) is 10.9 Å². The Labute approximate surface area is 117 Å². The molecule has 0 fully saturated rings. The maximum absolute atomic E-state index is 5.90. The van der Waals surface area contributed by atoms with E-state index in [2.05, 4.69) is 22.2 Å². The standard InChI is InChI=1S/C16H16N4/c1-12(17)14-7-8-18-16(9-14)20-11-15(10-19-20)13-5-3-2-4-6-13/h2-12H,17H2,1H3/t12-/m1/s1. The highest BCUT2D eigenvalue weighted by Gasteiger charge is 2.06. The molecule has 0 aliphatic heterocycles. The third-order valence-electron chi connectivity index (χ3n) is 3.22. The fourth-order valence-corrected chi connectivity index (χ4v) is 2.07. The molecule has 20 heavy (non-hydrogen) atoms. The molecule has 0 saturated heterocycles. The molecule has 0 unspecified atom stereocenters. The number of aromatic nitrogens is 3. The van der Waals surface area contributed by atoms with Crippen molar-refractivity contribution in [2.75, 3.05) is 0 Å². The molecule has 0 radical (unpaired) electrons. The minimum Gasteiger partial charge on any atom is -0.324 e. The predicted octanol–water partition coefficient (Wildman–Crippen LogP) is 2.95. The summed E-state index contributed by atoms with van der Waals surface area (Å²) in [5.41, 5.74) is 9.16. The Morgan fingerprint density at radius 1 is 1.10 bits per heavy atom. The zero-order valence-corrected chi connectivity index (χ0v) is 11.3. The minimum absolute atomic E-state index is 0.0131. The van der Waals surface area contributed by atoms with E-state index >= 15 is 0 Å². The molecule has 3 rings (SSSR count). The van der Waals surface area contributed by atoms with Crippen molar-refractivity contribution < 1.29 is 0 Å². The summed E-state index contributed by atoms with van der Waals surface area (Å²) in [6, 6.07) is 14.0. The molecule has 2 heterocycles. The normalized spacial score (nSPS) is 12.3. The summed E-state index contributed by atoms with van der Waals surface area (Å²) in [7, 11) is 0. The van der Waals surface area contributed by atoms with Crippen molar-refractivity contribution in [3.63, 3.8) is 0 Å². The lowest BCUT2D eigenvalue weighted by Crippen LogP contribution is -2.07. The minimum atomic E-state index is -0.0131. The first-order valence-electron chi connectivity index (χ1n) is 6.56. The number of benzene rings is 1. The lowest BCUT2D eigenvalue weighted by atomic mass is 10.1. The van der Waals surface area contributed by atoms with Gasteiger partial charge in [0.25, 0.3) is 0 Å². The quantitative estimate of drug-likeness (QED) is 0.791. The summed E-state index contributed by atoms with van der Waals surface area (Å²) >= 11 is 0. The van der Waals surface area contributed by atoms with Gasteiger partial charge in [-0.3, -0.25) is 0 Å². The first kappa shape index (κ1) is 12.6. The lowest BCUT2D eigenvalue weighted by Gasteiger charge is -2.07. The van der Waals surface area contributed by atoms with E-state index in [1.807, 2.05) is 49.6 Å². The van der Waals surface area contributed by atoms with Crippen LogP contribution in [0.4, 0.5) is 0 Å². The van der Waals surface area contributed by atoms with Crippen molar-refractivity contribution >= 4 is 0 Å². The van der Waals surface area contributed by atoms with Crippen molar-refractivity contribution in [1.82, 2.24) is 14.8 Å². The van der Waals surface area contributed by atoms with Crippen molar-refractivity contribution in [2.24, 2.45) is 5.73 Å². The lowest BCUT2D eigenvalue weighted by molar-refractivity contribution is 0.796. The van der Waals surface area contributed by atoms with Crippen molar-refractivity contribution in [3.05, 3.63) is 66.6 Å². The van der Waals surface area contributed by atoms with Crippen LogP contribution >= 0.6 is 0 Å². The van der Waals surface area contributed by atoms with Crippen LogP contribution in [0.2, 0.25) is 0 Å². The van der Waals surface area contributed by atoms with Gasteiger partial charge in [-0.1, -0.05) is 30.3 Å². The molecule has 0 saturated carbocycles. The summed E-state index contributed by atoms with van der Waals surface area (Å²) in [4.78, 5) is 4.34. The maximum Gasteiger partial charge on any atom is 0.153 e. The highest BCUT2D eigenvalue weighted by atomic mass is 15.3. The van der Waals surface area contributed by atoms with Crippen molar-refractivity contribution in [3.8, 4) is 16.9 Å². The highest BCUT2D eigenvalue weighted by Crippen LogP contribution is 2.19. The number of pyridine rings is 1. The van der Waals surface area contributed by atoms with Crippen LogP contribution in [0.5, 0.6) is 0 Å². The number of nitrogens with two attached hydrogens (primary N) is 1. The second-order valence-electron chi connectivity index (χ2n) is 4.78. The predicted molar refractivity (Wildman–Crippen MR) is 79.4 cm³/mol. The van der Waals surface area contributed by atoms with Gasteiger partial charge in [0.15, 0.2) is 5.82 Å². The second-order valence-corrected chi connectivity index (χ2v) is 4.78. The van der Waals surface area contributed by atoms with E-state index in [0.29, 0.717) is 0 Å². The van der Waals surface area contributed by atoms with Gasteiger partial charge in [0.1, 0.15) is 0 Å². The molecule has 2 aromatic heterocycles. The van der Waals surface area contributed by atoms with Crippen LogP contribution in [0, 0.1) is 0 Å². The first-order chi connectivity index (χ1) is 9.74. The number of hydrogen-bond donors (Lipinski definition) is 1.